The summed E-state index contributed by atoms with van der Waals surface area (Å²) >= 11 is 0. The maximum atomic E-state index is 10.5. The second kappa shape index (κ2) is 1.71. The van der Waals surface area contributed by atoms with Crippen LogP contribution >= 0.6 is 0 Å². The number of fused-ring (bicyclic) bond motifs is 1. The van der Waals surface area contributed by atoms with Crippen molar-refractivity contribution in [2.45, 2.75) is 25.0 Å². The molecular formula is C6H6O4. The molecule has 0 aromatic heterocycles. The van der Waals surface area contributed by atoms with Crippen LogP contribution in [0.15, 0.2) is 0 Å². The van der Waals surface area contributed by atoms with Crippen molar-refractivity contribution in [1.29, 1.82) is 0 Å². The fraction of sp³-hybridized carbons (Fsp3) is 0.667. The molecule has 10 heavy (non-hydrogen) atoms. The minimum absolute atomic E-state index is 0.233. The van der Waals surface area contributed by atoms with Gasteiger partial charge in [0, 0.05) is 0 Å². The summed E-state index contributed by atoms with van der Waals surface area (Å²) in [5, 5.41) is 0. The average Bonchev–Trinajstić information content (AvgIpc) is 2.21. The van der Waals surface area contributed by atoms with Crippen LogP contribution in [0, 0.1) is 0 Å². The Bertz CT molecular complexity index is 160. The van der Waals surface area contributed by atoms with Crippen LogP contribution < -0.4 is 0 Å². The van der Waals surface area contributed by atoms with Crippen molar-refractivity contribution in [2.24, 2.45) is 0 Å². The minimum Gasteiger partial charge on any atom is -0.458 e. The van der Waals surface area contributed by atoms with Crippen molar-refractivity contribution in [3.05, 3.63) is 0 Å². The molecule has 0 saturated carbocycles. The van der Waals surface area contributed by atoms with E-state index in [4.69, 9.17) is 9.47 Å². The first kappa shape index (κ1) is 5.70. The summed E-state index contributed by atoms with van der Waals surface area (Å²) in [6.45, 7) is 0. The summed E-state index contributed by atoms with van der Waals surface area (Å²) < 4.78 is 9.54. The average molecular weight is 142 g/mol. The van der Waals surface area contributed by atoms with Crippen molar-refractivity contribution in [1.82, 2.24) is 0 Å². The third kappa shape index (κ3) is 0.683. The number of ether oxygens (including phenoxy) is 2. The van der Waals surface area contributed by atoms with E-state index in [1.807, 2.05) is 0 Å². The molecule has 0 aromatic rings. The molecule has 2 saturated heterocycles. The summed E-state index contributed by atoms with van der Waals surface area (Å²) in [5.41, 5.74) is 0. The normalized spacial score (nSPS) is 37.2. The van der Waals surface area contributed by atoms with Crippen molar-refractivity contribution in [3.63, 3.8) is 0 Å². The van der Waals surface area contributed by atoms with Gasteiger partial charge in [-0.2, -0.15) is 0 Å². The molecule has 54 valence electrons. The third-order valence-corrected chi connectivity index (χ3v) is 1.72. The Labute approximate surface area is 57.1 Å². The zero-order chi connectivity index (χ0) is 7.14. The van der Waals surface area contributed by atoms with Crippen LogP contribution in [-0.2, 0) is 19.1 Å². The molecule has 2 unspecified atom stereocenters. The van der Waals surface area contributed by atoms with Gasteiger partial charge in [-0.05, 0) is 0 Å². The van der Waals surface area contributed by atoms with Crippen LogP contribution in [0.2, 0.25) is 0 Å². The van der Waals surface area contributed by atoms with Gasteiger partial charge in [0.2, 0.25) is 0 Å². The Morgan fingerprint density at radius 1 is 1.00 bits per heavy atom. The van der Waals surface area contributed by atoms with Crippen LogP contribution in [-0.4, -0.2) is 24.1 Å². The SMILES string of the molecule is O=C1CC2OC(=O)CC2O1. The summed E-state index contributed by atoms with van der Waals surface area (Å²) in [6, 6.07) is 0. The lowest BCUT2D eigenvalue weighted by Crippen LogP contribution is -2.13. The van der Waals surface area contributed by atoms with Gasteiger partial charge in [0.05, 0.1) is 12.8 Å². The summed E-state index contributed by atoms with van der Waals surface area (Å²) in [5.74, 6) is -0.523. The highest BCUT2D eigenvalue weighted by molar-refractivity contribution is 5.79. The predicted molar refractivity (Wildman–Crippen MR) is 29.0 cm³/mol. The molecule has 2 aliphatic heterocycles. The summed E-state index contributed by atoms with van der Waals surface area (Å²) in [4.78, 5) is 21.1. The second-order valence-corrected chi connectivity index (χ2v) is 2.46. The third-order valence-electron chi connectivity index (χ3n) is 1.72. The lowest BCUT2D eigenvalue weighted by atomic mass is 10.2. The largest absolute Gasteiger partial charge is 0.458 e. The number of carbonyl (C=O) groups excluding carboxylic acids is 2. The molecule has 0 N–H and O–H groups in total. The van der Waals surface area contributed by atoms with E-state index < -0.39 is 0 Å². The standard InChI is InChI=1S/C6H6O4/c7-5-1-3-4(10-5)2-6(8)9-3/h3-4H,1-2H2. The fourth-order valence-electron chi connectivity index (χ4n) is 1.26. The van der Waals surface area contributed by atoms with Gasteiger partial charge in [0.25, 0.3) is 0 Å². The van der Waals surface area contributed by atoms with Crippen LogP contribution in [0.5, 0.6) is 0 Å². The second-order valence-electron chi connectivity index (χ2n) is 2.46. The Morgan fingerprint density at radius 3 is 1.80 bits per heavy atom. The first-order valence-corrected chi connectivity index (χ1v) is 3.14. The Kier molecular flexibility index (Phi) is 0.977. The Morgan fingerprint density at radius 2 is 1.40 bits per heavy atom. The predicted octanol–water partition coefficient (Wildman–Crippen LogP) is -0.383. The monoisotopic (exact) mass is 142 g/mol. The maximum absolute atomic E-state index is 10.5. The quantitative estimate of drug-likeness (QED) is 0.432. The van der Waals surface area contributed by atoms with Gasteiger partial charge in [-0.25, -0.2) is 0 Å². The molecule has 0 radical (unpaired) electrons. The first-order chi connectivity index (χ1) is 4.75. The number of esters is 2. The smallest absolute Gasteiger partial charge is 0.310 e. The number of hydrogen-bond donors (Lipinski definition) is 0. The number of carbonyl (C=O) groups is 2. The molecule has 4 heteroatoms. The zero-order valence-corrected chi connectivity index (χ0v) is 5.20. The van der Waals surface area contributed by atoms with Crippen LogP contribution in [0.3, 0.4) is 0 Å². The molecule has 0 aromatic carbocycles. The van der Waals surface area contributed by atoms with E-state index in [1.54, 1.807) is 0 Å². The highest BCUT2D eigenvalue weighted by atomic mass is 16.6. The van der Waals surface area contributed by atoms with Gasteiger partial charge < -0.3 is 9.47 Å². The van der Waals surface area contributed by atoms with Gasteiger partial charge in [-0.1, -0.05) is 0 Å². The van der Waals surface area contributed by atoms with E-state index >= 15 is 0 Å². The van der Waals surface area contributed by atoms with E-state index in [0.29, 0.717) is 0 Å². The lowest BCUT2D eigenvalue weighted by Gasteiger charge is -2.00. The number of rotatable bonds is 0. The first-order valence-electron chi connectivity index (χ1n) is 3.14. The van der Waals surface area contributed by atoms with Crippen molar-refractivity contribution in [3.8, 4) is 0 Å². The van der Waals surface area contributed by atoms with Crippen molar-refractivity contribution in [2.75, 3.05) is 0 Å². The van der Waals surface area contributed by atoms with Crippen molar-refractivity contribution >= 4 is 11.9 Å². The fourth-order valence-corrected chi connectivity index (χ4v) is 1.26. The van der Waals surface area contributed by atoms with E-state index in [0.717, 1.165) is 0 Å². The molecular weight excluding hydrogens is 136 g/mol. The molecule has 2 heterocycles. The lowest BCUT2D eigenvalue weighted by molar-refractivity contribution is -0.144. The van der Waals surface area contributed by atoms with E-state index in [9.17, 15) is 9.59 Å². The molecule has 0 aliphatic carbocycles. The molecule has 0 bridgehead atoms. The summed E-state index contributed by atoms with van der Waals surface area (Å²) in [7, 11) is 0. The van der Waals surface area contributed by atoms with E-state index in [1.165, 1.54) is 0 Å². The Hall–Kier alpha value is -1.06. The molecule has 2 rings (SSSR count). The summed E-state index contributed by atoms with van der Waals surface area (Å²) in [6.07, 6.45) is -0.118. The minimum atomic E-state index is -0.292. The van der Waals surface area contributed by atoms with Gasteiger partial charge in [0.15, 0.2) is 0 Å². The van der Waals surface area contributed by atoms with E-state index in [2.05, 4.69) is 0 Å². The van der Waals surface area contributed by atoms with Crippen molar-refractivity contribution < 1.29 is 19.1 Å². The molecule has 4 nitrogen and oxygen atoms in total. The van der Waals surface area contributed by atoms with E-state index in [-0.39, 0.29) is 37.0 Å². The maximum Gasteiger partial charge on any atom is 0.310 e. The van der Waals surface area contributed by atoms with Crippen LogP contribution in [0.4, 0.5) is 0 Å². The molecule has 2 atom stereocenters. The molecule has 0 spiro atoms. The van der Waals surface area contributed by atoms with Gasteiger partial charge >= 0.3 is 11.9 Å². The molecule has 2 fully saturated rings. The topological polar surface area (TPSA) is 52.6 Å². The van der Waals surface area contributed by atoms with Crippen LogP contribution in [0.25, 0.3) is 0 Å². The highest BCUT2D eigenvalue weighted by Crippen LogP contribution is 2.27. The Balaban J connectivity index is 2.12. The van der Waals surface area contributed by atoms with Crippen LogP contribution in [0.1, 0.15) is 12.8 Å². The molecule has 2 aliphatic rings. The number of hydrogen-bond acceptors (Lipinski definition) is 4. The van der Waals surface area contributed by atoms with Gasteiger partial charge in [0.1, 0.15) is 12.2 Å². The molecule has 0 amide bonds. The van der Waals surface area contributed by atoms with Gasteiger partial charge in [-0.15, -0.1) is 0 Å². The zero-order valence-electron chi connectivity index (χ0n) is 5.20. The highest BCUT2D eigenvalue weighted by Gasteiger charge is 2.44. The van der Waals surface area contributed by atoms with Gasteiger partial charge in [-0.3, -0.25) is 9.59 Å².